The third kappa shape index (κ3) is 2.35. The molecule has 2 rings (SSSR count). The Morgan fingerprint density at radius 3 is 2.86 bits per heavy atom. The third-order valence-electron chi connectivity index (χ3n) is 3.05. The molecule has 1 aliphatic heterocycles. The van der Waals surface area contributed by atoms with E-state index in [-0.39, 0.29) is 11.9 Å². The van der Waals surface area contributed by atoms with Crippen LogP contribution in [0.25, 0.3) is 0 Å². The van der Waals surface area contributed by atoms with Crippen molar-refractivity contribution in [3.63, 3.8) is 0 Å². The fraction of sp³-hybridized carbons (Fsp3) is 0.727. The van der Waals surface area contributed by atoms with Crippen LogP contribution in [0.15, 0.2) is 12.2 Å². The van der Waals surface area contributed by atoms with Crippen molar-refractivity contribution in [2.45, 2.75) is 31.7 Å². The fourth-order valence-electron chi connectivity index (χ4n) is 1.89. The Balaban J connectivity index is 1.78. The van der Waals surface area contributed by atoms with Gasteiger partial charge in [-0.05, 0) is 25.2 Å². The van der Waals surface area contributed by atoms with E-state index in [1.54, 1.807) is 0 Å². The summed E-state index contributed by atoms with van der Waals surface area (Å²) in [6, 6.07) is 0.105. The summed E-state index contributed by atoms with van der Waals surface area (Å²) >= 11 is 0. The predicted octanol–water partition coefficient (Wildman–Crippen LogP) is 0.902. The minimum atomic E-state index is 0.105. The van der Waals surface area contributed by atoms with E-state index in [4.69, 9.17) is 5.73 Å². The molecule has 0 radical (unpaired) electrons. The molecule has 2 aliphatic rings. The lowest BCUT2D eigenvalue weighted by Crippen LogP contribution is -2.38. The van der Waals surface area contributed by atoms with Crippen LogP contribution in [0.2, 0.25) is 0 Å². The highest BCUT2D eigenvalue weighted by Crippen LogP contribution is 2.33. The number of nitrogens with zero attached hydrogens (tertiary/aromatic N) is 1. The van der Waals surface area contributed by atoms with Gasteiger partial charge in [0.2, 0.25) is 5.91 Å². The fourth-order valence-corrected chi connectivity index (χ4v) is 1.89. The Morgan fingerprint density at radius 2 is 2.29 bits per heavy atom. The van der Waals surface area contributed by atoms with Crippen molar-refractivity contribution in [3.05, 3.63) is 12.2 Å². The SMILES string of the molecule is NC(CC(=O)N1CC=CCC1)C1CC1. The Bertz CT molecular complexity index is 246. The van der Waals surface area contributed by atoms with Crippen molar-refractivity contribution >= 4 is 5.91 Å². The molecule has 0 aromatic heterocycles. The lowest BCUT2D eigenvalue weighted by atomic mass is 10.1. The summed E-state index contributed by atoms with van der Waals surface area (Å²) in [7, 11) is 0. The van der Waals surface area contributed by atoms with Crippen molar-refractivity contribution in [2.75, 3.05) is 13.1 Å². The minimum absolute atomic E-state index is 0.105. The summed E-state index contributed by atoms with van der Waals surface area (Å²) < 4.78 is 0. The van der Waals surface area contributed by atoms with Gasteiger partial charge in [0.1, 0.15) is 0 Å². The summed E-state index contributed by atoms with van der Waals surface area (Å²) in [4.78, 5) is 13.7. The second kappa shape index (κ2) is 4.13. The van der Waals surface area contributed by atoms with E-state index in [2.05, 4.69) is 12.2 Å². The van der Waals surface area contributed by atoms with Gasteiger partial charge in [-0.3, -0.25) is 4.79 Å². The molecule has 1 saturated carbocycles. The molecular formula is C11H18N2O. The van der Waals surface area contributed by atoms with Gasteiger partial charge in [0.05, 0.1) is 0 Å². The second-order valence-corrected chi connectivity index (χ2v) is 4.31. The van der Waals surface area contributed by atoms with Crippen LogP contribution in [-0.2, 0) is 4.79 Å². The molecule has 1 fully saturated rings. The number of carbonyl (C=O) groups excluding carboxylic acids is 1. The number of nitrogens with two attached hydrogens (primary N) is 1. The second-order valence-electron chi connectivity index (χ2n) is 4.31. The lowest BCUT2D eigenvalue weighted by Gasteiger charge is -2.24. The average molecular weight is 194 g/mol. The van der Waals surface area contributed by atoms with Gasteiger partial charge in [0, 0.05) is 25.6 Å². The van der Waals surface area contributed by atoms with Crippen molar-refractivity contribution in [1.29, 1.82) is 0 Å². The standard InChI is InChI=1S/C11H18N2O/c12-10(9-4-5-9)8-11(14)13-6-2-1-3-7-13/h1-2,9-10H,3-8,12H2. The van der Waals surface area contributed by atoms with Crippen molar-refractivity contribution < 1.29 is 4.79 Å². The molecule has 1 aliphatic carbocycles. The largest absolute Gasteiger partial charge is 0.339 e. The van der Waals surface area contributed by atoms with Crippen LogP contribution in [0.1, 0.15) is 25.7 Å². The molecule has 1 atom stereocenters. The maximum absolute atomic E-state index is 11.8. The van der Waals surface area contributed by atoms with Gasteiger partial charge < -0.3 is 10.6 Å². The van der Waals surface area contributed by atoms with Gasteiger partial charge >= 0.3 is 0 Å². The molecule has 0 spiro atoms. The first kappa shape index (κ1) is 9.71. The molecule has 3 nitrogen and oxygen atoms in total. The molecule has 3 heteroatoms. The van der Waals surface area contributed by atoms with Crippen molar-refractivity contribution in [2.24, 2.45) is 11.7 Å². The summed E-state index contributed by atoms with van der Waals surface area (Å²) in [6.07, 6.45) is 8.15. The van der Waals surface area contributed by atoms with Crippen LogP contribution in [0, 0.1) is 5.92 Å². The third-order valence-corrected chi connectivity index (χ3v) is 3.05. The first-order valence-electron chi connectivity index (χ1n) is 5.45. The molecule has 0 saturated heterocycles. The molecule has 0 bridgehead atoms. The van der Waals surface area contributed by atoms with Gasteiger partial charge in [0.25, 0.3) is 0 Å². The molecule has 78 valence electrons. The molecule has 1 heterocycles. The maximum atomic E-state index is 11.8. The van der Waals surface area contributed by atoms with Crippen LogP contribution in [0.3, 0.4) is 0 Å². The van der Waals surface area contributed by atoms with E-state index in [0.29, 0.717) is 12.3 Å². The predicted molar refractivity (Wildman–Crippen MR) is 55.7 cm³/mol. The first-order chi connectivity index (χ1) is 6.77. The van der Waals surface area contributed by atoms with E-state index < -0.39 is 0 Å². The van der Waals surface area contributed by atoms with E-state index in [1.807, 2.05) is 4.90 Å². The smallest absolute Gasteiger partial charge is 0.224 e. The highest BCUT2D eigenvalue weighted by Gasteiger charge is 2.30. The van der Waals surface area contributed by atoms with Crippen LogP contribution in [0.5, 0.6) is 0 Å². The molecule has 0 aromatic rings. The van der Waals surface area contributed by atoms with E-state index >= 15 is 0 Å². The lowest BCUT2D eigenvalue weighted by molar-refractivity contribution is -0.131. The molecule has 2 N–H and O–H groups in total. The normalized spacial score (nSPS) is 23.6. The van der Waals surface area contributed by atoms with Crippen LogP contribution in [0.4, 0.5) is 0 Å². The summed E-state index contributed by atoms with van der Waals surface area (Å²) in [5.41, 5.74) is 5.92. The van der Waals surface area contributed by atoms with E-state index in [0.717, 1.165) is 19.5 Å². The van der Waals surface area contributed by atoms with E-state index in [9.17, 15) is 4.79 Å². The monoisotopic (exact) mass is 194 g/mol. The number of carbonyl (C=O) groups is 1. The summed E-state index contributed by atoms with van der Waals surface area (Å²) in [6.45, 7) is 1.64. The quantitative estimate of drug-likeness (QED) is 0.679. The van der Waals surface area contributed by atoms with E-state index in [1.165, 1.54) is 12.8 Å². The van der Waals surface area contributed by atoms with Crippen LogP contribution >= 0.6 is 0 Å². The molecular weight excluding hydrogens is 176 g/mol. The van der Waals surface area contributed by atoms with Gasteiger partial charge in [-0.2, -0.15) is 0 Å². The Labute approximate surface area is 84.9 Å². The molecule has 1 unspecified atom stereocenters. The van der Waals surface area contributed by atoms with Crippen molar-refractivity contribution in [3.8, 4) is 0 Å². The number of amides is 1. The summed E-state index contributed by atoms with van der Waals surface area (Å²) in [5, 5.41) is 0. The highest BCUT2D eigenvalue weighted by atomic mass is 16.2. The van der Waals surface area contributed by atoms with Gasteiger partial charge in [-0.25, -0.2) is 0 Å². The Kier molecular flexibility index (Phi) is 2.87. The number of hydrogen-bond acceptors (Lipinski definition) is 2. The number of hydrogen-bond donors (Lipinski definition) is 1. The zero-order chi connectivity index (χ0) is 9.97. The van der Waals surface area contributed by atoms with Gasteiger partial charge in [-0.1, -0.05) is 12.2 Å². The van der Waals surface area contributed by atoms with Gasteiger partial charge in [0.15, 0.2) is 0 Å². The molecule has 0 aromatic carbocycles. The minimum Gasteiger partial charge on any atom is -0.339 e. The van der Waals surface area contributed by atoms with Crippen molar-refractivity contribution in [1.82, 2.24) is 4.90 Å². The zero-order valence-electron chi connectivity index (χ0n) is 8.48. The average Bonchev–Trinajstić information content (AvgIpc) is 3.02. The first-order valence-corrected chi connectivity index (χ1v) is 5.45. The maximum Gasteiger partial charge on any atom is 0.224 e. The van der Waals surface area contributed by atoms with Crippen LogP contribution < -0.4 is 5.73 Å². The highest BCUT2D eigenvalue weighted by molar-refractivity contribution is 5.77. The Hall–Kier alpha value is -0.830. The van der Waals surface area contributed by atoms with Gasteiger partial charge in [-0.15, -0.1) is 0 Å². The molecule has 14 heavy (non-hydrogen) atoms. The summed E-state index contributed by atoms with van der Waals surface area (Å²) in [5.74, 6) is 0.855. The zero-order valence-corrected chi connectivity index (χ0v) is 8.48. The topological polar surface area (TPSA) is 46.3 Å². The van der Waals surface area contributed by atoms with Crippen LogP contribution in [-0.4, -0.2) is 29.9 Å². The Morgan fingerprint density at radius 1 is 1.50 bits per heavy atom. The number of rotatable bonds is 3. The molecule has 1 amide bonds.